The molecule has 2 aliphatic heterocycles. The van der Waals surface area contributed by atoms with E-state index in [1.54, 1.807) is 24.3 Å². The Balaban J connectivity index is 0.000000189. The first-order valence-corrected chi connectivity index (χ1v) is 21.9. The molecule has 326 valence electrons. The molecule has 0 aromatic heterocycles. The van der Waals surface area contributed by atoms with Gasteiger partial charge in [-0.3, -0.25) is 19.4 Å². The fourth-order valence-electron chi connectivity index (χ4n) is 9.06. The van der Waals surface area contributed by atoms with Crippen molar-refractivity contribution in [1.29, 1.82) is 0 Å². The van der Waals surface area contributed by atoms with Crippen LogP contribution >= 0.6 is 0 Å². The molecule has 63 heavy (non-hydrogen) atoms. The van der Waals surface area contributed by atoms with Crippen molar-refractivity contribution in [2.24, 2.45) is 23.3 Å². The van der Waals surface area contributed by atoms with E-state index < -0.39 is 0 Å². The van der Waals surface area contributed by atoms with Gasteiger partial charge >= 0.3 is 0 Å². The number of piperidine rings is 2. The van der Waals surface area contributed by atoms with Crippen LogP contribution in [0.15, 0.2) is 152 Å². The number of amides is 2. The van der Waals surface area contributed by atoms with Crippen molar-refractivity contribution in [1.82, 2.24) is 9.80 Å². The van der Waals surface area contributed by atoms with E-state index in [-0.39, 0.29) is 28.5 Å². The van der Waals surface area contributed by atoms with Crippen molar-refractivity contribution in [3.05, 3.63) is 191 Å². The Labute approximate surface area is 371 Å². The van der Waals surface area contributed by atoms with E-state index in [0.29, 0.717) is 34.5 Å². The molecule has 8 rings (SSSR count). The largest absolute Gasteiger partial charge is 0.457 e. The number of carbonyl (C=O) groups is 2. The van der Waals surface area contributed by atoms with Gasteiger partial charge in [-0.1, -0.05) is 100 Å². The predicted octanol–water partition coefficient (Wildman–Crippen LogP) is 10.9. The van der Waals surface area contributed by atoms with Gasteiger partial charge in [-0.2, -0.15) is 0 Å². The van der Waals surface area contributed by atoms with E-state index in [1.807, 2.05) is 78.9 Å². The zero-order chi connectivity index (χ0) is 44.6. The fraction of sp³-hybridized carbons (Fsp3) is 0.296. The number of halogens is 1. The summed E-state index contributed by atoms with van der Waals surface area (Å²) in [6.07, 6.45) is 2.03. The predicted molar refractivity (Wildman–Crippen MR) is 249 cm³/mol. The molecule has 0 saturated carbocycles. The molecule has 2 amide bonds. The minimum atomic E-state index is -0.388. The zero-order valence-corrected chi connectivity index (χ0v) is 36.8. The number of benzene rings is 6. The zero-order valence-electron chi connectivity index (χ0n) is 36.8. The molecule has 4 N–H and O–H groups in total. The van der Waals surface area contributed by atoms with Crippen LogP contribution in [0.4, 0.5) is 4.39 Å². The number of para-hydroxylation sites is 1. The van der Waals surface area contributed by atoms with Gasteiger partial charge in [0, 0.05) is 43.4 Å². The monoisotopic (exact) mass is 846 g/mol. The van der Waals surface area contributed by atoms with Crippen molar-refractivity contribution < 1.29 is 23.5 Å². The molecule has 2 heterocycles. The lowest BCUT2D eigenvalue weighted by Crippen LogP contribution is -2.47. The Bertz CT molecular complexity index is 2510. The number of nitrogens with zero attached hydrogens (tertiary/aromatic N) is 2. The molecule has 2 saturated heterocycles. The van der Waals surface area contributed by atoms with Crippen LogP contribution in [0, 0.1) is 17.7 Å². The first kappa shape index (κ1) is 44.8. The smallest absolute Gasteiger partial charge is 0.248 e. The number of hydrogen-bond acceptors (Lipinski definition) is 6. The highest BCUT2D eigenvalue weighted by Crippen LogP contribution is 2.41. The minimum absolute atomic E-state index is 0.00962. The number of primary amides is 2. The van der Waals surface area contributed by atoms with Gasteiger partial charge in [0.15, 0.2) is 0 Å². The lowest BCUT2D eigenvalue weighted by atomic mass is 9.68. The molecular formula is C54H59FN4O4. The Morgan fingerprint density at radius 3 is 1.41 bits per heavy atom. The summed E-state index contributed by atoms with van der Waals surface area (Å²) in [6, 6.07) is 47.9. The second-order valence-corrected chi connectivity index (χ2v) is 17.8. The molecular weight excluding hydrogens is 788 g/mol. The maximum Gasteiger partial charge on any atom is 0.248 e. The molecule has 6 aromatic rings. The van der Waals surface area contributed by atoms with Crippen molar-refractivity contribution in [3.8, 4) is 23.0 Å². The van der Waals surface area contributed by atoms with E-state index in [0.717, 1.165) is 69.2 Å². The fourth-order valence-corrected chi connectivity index (χ4v) is 9.06. The van der Waals surface area contributed by atoms with Crippen molar-refractivity contribution in [2.45, 2.75) is 64.5 Å². The lowest BCUT2D eigenvalue weighted by molar-refractivity contribution is 0.0987. The highest BCUT2D eigenvalue weighted by atomic mass is 19.1. The highest BCUT2D eigenvalue weighted by Gasteiger charge is 2.39. The maximum absolute atomic E-state index is 13.4. The maximum atomic E-state index is 13.4. The van der Waals surface area contributed by atoms with Crippen LogP contribution in [-0.2, 0) is 23.9 Å². The van der Waals surface area contributed by atoms with E-state index in [9.17, 15) is 14.0 Å². The van der Waals surface area contributed by atoms with Gasteiger partial charge in [0.05, 0.1) is 0 Å². The van der Waals surface area contributed by atoms with Gasteiger partial charge in [0.1, 0.15) is 28.8 Å². The van der Waals surface area contributed by atoms with Gasteiger partial charge in [0.2, 0.25) is 11.8 Å². The first-order chi connectivity index (χ1) is 30.3. The molecule has 0 unspecified atom stereocenters. The average Bonchev–Trinajstić information content (AvgIpc) is 3.27. The molecule has 4 atom stereocenters. The van der Waals surface area contributed by atoms with Crippen molar-refractivity contribution in [3.63, 3.8) is 0 Å². The van der Waals surface area contributed by atoms with Crippen molar-refractivity contribution in [2.75, 3.05) is 26.2 Å². The summed E-state index contributed by atoms with van der Waals surface area (Å²) in [5.41, 5.74) is 16.9. The van der Waals surface area contributed by atoms with Crippen LogP contribution in [0.1, 0.15) is 83.5 Å². The standard InChI is InChI=1S/C27H29FN2O2.C27H30N2O2/c1-19-17-30(13-12-27(19,2)22-8-4-7-21(15-22)26(29)31)18-20-6-3-10-24(14-20)32-25-11-5-9-23(28)16-25;1-20-18-29(15-14-27(20,2)23-10-7-9-22(17-23)26(28)30)19-21-8-6-13-25(16-21)31-24-11-4-3-5-12-24/h3-11,14-16,19H,12-13,17-18H2,1-2H3,(H2,29,31);3-13,16-17,20H,14-15,18-19H2,1-2H3,(H2,28,30)/t19-,27+;20-,27+/m00/s1. The summed E-state index contributed by atoms with van der Waals surface area (Å²) < 4.78 is 25.3. The van der Waals surface area contributed by atoms with Crippen LogP contribution in [0.25, 0.3) is 0 Å². The molecule has 2 fully saturated rings. The second-order valence-electron chi connectivity index (χ2n) is 17.8. The number of hydrogen-bond donors (Lipinski definition) is 2. The summed E-state index contributed by atoms with van der Waals surface area (Å²) in [6.45, 7) is 14.8. The number of ether oxygens (including phenoxy) is 2. The quantitative estimate of drug-likeness (QED) is 0.127. The van der Waals surface area contributed by atoms with Crippen molar-refractivity contribution >= 4 is 11.8 Å². The minimum Gasteiger partial charge on any atom is -0.457 e. The topological polar surface area (TPSA) is 111 Å². The molecule has 9 heteroatoms. The highest BCUT2D eigenvalue weighted by molar-refractivity contribution is 5.93. The third kappa shape index (κ3) is 11.2. The third-order valence-electron chi connectivity index (χ3n) is 13.4. The molecule has 8 nitrogen and oxygen atoms in total. The SMILES string of the molecule is C[C@H]1CN(Cc2cccc(Oc3cccc(F)c3)c2)CC[C@@]1(C)c1cccc(C(N)=O)c1.C[C@H]1CN(Cc2cccc(Oc3ccccc3)c2)CC[C@@]1(C)c1cccc(C(N)=O)c1. The number of likely N-dealkylation sites (tertiary alicyclic amines) is 2. The summed E-state index contributed by atoms with van der Waals surface area (Å²) in [7, 11) is 0. The Kier molecular flexibility index (Phi) is 14.1. The van der Waals surface area contributed by atoms with Crippen LogP contribution in [0.2, 0.25) is 0 Å². The summed E-state index contributed by atoms with van der Waals surface area (Å²) >= 11 is 0. The molecule has 6 aromatic carbocycles. The Morgan fingerprint density at radius 1 is 0.556 bits per heavy atom. The Morgan fingerprint density at radius 2 is 0.968 bits per heavy atom. The normalized spacial score (nSPS) is 21.4. The molecule has 2 aliphatic rings. The first-order valence-electron chi connectivity index (χ1n) is 21.9. The summed E-state index contributed by atoms with van der Waals surface area (Å²) in [5.74, 6) is 2.69. The van der Waals surface area contributed by atoms with Crippen LogP contribution in [0.5, 0.6) is 23.0 Å². The van der Waals surface area contributed by atoms with E-state index in [4.69, 9.17) is 20.9 Å². The van der Waals surface area contributed by atoms with E-state index >= 15 is 0 Å². The van der Waals surface area contributed by atoms with Gasteiger partial charge in [-0.25, -0.2) is 4.39 Å². The Hall–Kier alpha value is -6.29. The second kappa shape index (κ2) is 19.8. The molecule has 0 spiro atoms. The molecule has 0 bridgehead atoms. The van der Waals surface area contributed by atoms with Crippen LogP contribution in [0.3, 0.4) is 0 Å². The summed E-state index contributed by atoms with van der Waals surface area (Å²) in [4.78, 5) is 28.2. The van der Waals surface area contributed by atoms with Gasteiger partial charge < -0.3 is 20.9 Å². The van der Waals surface area contributed by atoms with E-state index in [1.165, 1.54) is 28.8 Å². The van der Waals surface area contributed by atoms with Gasteiger partial charge in [-0.15, -0.1) is 0 Å². The molecule has 0 aliphatic carbocycles. The molecule has 0 radical (unpaired) electrons. The number of carbonyl (C=O) groups excluding carboxylic acids is 2. The lowest BCUT2D eigenvalue weighted by Gasteiger charge is -2.45. The average molecular weight is 847 g/mol. The summed E-state index contributed by atoms with van der Waals surface area (Å²) in [5, 5.41) is 0. The van der Waals surface area contributed by atoms with Gasteiger partial charge in [-0.05, 0) is 144 Å². The van der Waals surface area contributed by atoms with Gasteiger partial charge in [0.25, 0.3) is 0 Å². The number of rotatable bonds is 12. The third-order valence-corrected chi connectivity index (χ3v) is 13.4. The van der Waals surface area contributed by atoms with E-state index in [2.05, 4.69) is 73.9 Å². The van der Waals surface area contributed by atoms with Crippen LogP contribution < -0.4 is 20.9 Å². The van der Waals surface area contributed by atoms with Crippen LogP contribution in [-0.4, -0.2) is 47.8 Å². The number of nitrogens with two attached hydrogens (primary N) is 2.